The predicted octanol–water partition coefficient (Wildman–Crippen LogP) is 2.31. The second-order valence-electron chi connectivity index (χ2n) is 7.93. The zero-order chi connectivity index (χ0) is 21.2. The van der Waals surface area contributed by atoms with E-state index in [1.54, 1.807) is 7.11 Å². The van der Waals surface area contributed by atoms with E-state index in [-0.39, 0.29) is 5.91 Å². The minimum Gasteiger partial charge on any atom is -0.382 e. The van der Waals surface area contributed by atoms with Crippen LogP contribution >= 0.6 is 0 Å². The smallest absolute Gasteiger partial charge is 0.227 e. The number of aliphatic imine (C=N–C) groups is 1. The molecule has 1 atom stereocenters. The summed E-state index contributed by atoms with van der Waals surface area (Å²) < 4.78 is 10.7. The molecule has 0 radical (unpaired) electrons. The van der Waals surface area contributed by atoms with E-state index in [0.717, 1.165) is 63.7 Å². The summed E-state index contributed by atoms with van der Waals surface area (Å²) in [6.07, 6.45) is 3.37. The van der Waals surface area contributed by atoms with Gasteiger partial charge in [0.2, 0.25) is 5.91 Å². The van der Waals surface area contributed by atoms with Crippen molar-refractivity contribution in [3.05, 3.63) is 29.8 Å². The Kier molecular flexibility index (Phi) is 8.96. The standard InChI is InChI=1S/C23H36N4O3/c1-3-24-23(26-13-10-19(17-26)18-30-16-15-29-2)25-12-6-9-22(28)27-14-11-20-7-4-5-8-21(20)27/h4-5,7-8,19H,3,6,9-18H2,1-2H3,(H,24,25). The van der Waals surface area contributed by atoms with Crippen LogP contribution in [-0.2, 0) is 20.7 Å². The molecule has 1 aromatic carbocycles. The van der Waals surface area contributed by atoms with Crippen LogP contribution in [-0.4, -0.2) is 76.4 Å². The first-order valence-corrected chi connectivity index (χ1v) is 11.2. The Balaban J connectivity index is 1.42. The van der Waals surface area contributed by atoms with Crippen LogP contribution in [0.5, 0.6) is 0 Å². The van der Waals surface area contributed by atoms with Gasteiger partial charge in [0.05, 0.1) is 19.8 Å². The quantitative estimate of drug-likeness (QED) is 0.360. The van der Waals surface area contributed by atoms with Gasteiger partial charge in [0, 0.05) is 57.9 Å². The number of likely N-dealkylation sites (tertiary alicyclic amines) is 1. The van der Waals surface area contributed by atoms with Crippen molar-refractivity contribution in [2.75, 3.05) is 64.6 Å². The Hall–Kier alpha value is -2.12. The average Bonchev–Trinajstić information content (AvgIpc) is 3.40. The number of nitrogens with one attached hydrogen (secondary N) is 1. The molecular formula is C23H36N4O3. The van der Waals surface area contributed by atoms with Gasteiger partial charge in [-0.2, -0.15) is 0 Å². The molecule has 1 saturated heterocycles. The summed E-state index contributed by atoms with van der Waals surface area (Å²) in [5.74, 6) is 1.69. The number of carbonyl (C=O) groups excluding carboxylic acids is 1. The fourth-order valence-corrected chi connectivity index (χ4v) is 4.13. The molecule has 7 nitrogen and oxygen atoms in total. The molecule has 1 aromatic rings. The molecule has 1 unspecified atom stereocenters. The van der Waals surface area contributed by atoms with E-state index in [0.29, 0.717) is 32.1 Å². The molecule has 166 valence electrons. The van der Waals surface area contributed by atoms with Crippen LogP contribution in [0.2, 0.25) is 0 Å². The highest BCUT2D eigenvalue weighted by Gasteiger charge is 2.25. The van der Waals surface area contributed by atoms with Gasteiger partial charge in [0.1, 0.15) is 0 Å². The third kappa shape index (κ3) is 6.19. The fraction of sp³-hybridized carbons (Fsp3) is 0.652. The van der Waals surface area contributed by atoms with Gasteiger partial charge in [-0.1, -0.05) is 18.2 Å². The van der Waals surface area contributed by atoms with E-state index >= 15 is 0 Å². The van der Waals surface area contributed by atoms with E-state index in [9.17, 15) is 4.79 Å². The summed E-state index contributed by atoms with van der Waals surface area (Å²) >= 11 is 0. The van der Waals surface area contributed by atoms with Gasteiger partial charge in [0.25, 0.3) is 0 Å². The first kappa shape index (κ1) is 22.6. The number of methoxy groups -OCH3 is 1. The molecule has 0 aromatic heterocycles. The maximum atomic E-state index is 12.7. The van der Waals surface area contributed by atoms with Crippen LogP contribution in [0.1, 0.15) is 31.7 Å². The molecule has 1 fully saturated rings. The third-order valence-electron chi connectivity index (χ3n) is 5.70. The van der Waals surface area contributed by atoms with Crippen molar-refractivity contribution in [2.45, 2.75) is 32.6 Å². The maximum absolute atomic E-state index is 12.7. The maximum Gasteiger partial charge on any atom is 0.227 e. The zero-order valence-corrected chi connectivity index (χ0v) is 18.4. The number of anilines is 1. The van der Waals surface area contributed by atoms with Gasteiger partial charge in [-0.15, -0.1) is 0 Å². The largest absolute Gasteiger partial charge is 0.382 e. The Bertz CT molecular complexity index is 709. The van der Waals surface area contributed by atoms with Crippen LogP contribution in [0, 0.1) is 5.92 Å². The average molecular weight is 417 g/mol. The fourth-order valence-electron chi connectivity index (χ4n) is 4.13. The molecule has 0 spiro atoms. The molecule has 0 saturated carbocycles. The monoisotopic (exact) mass is 416 g/mol. The van der Waals surface area contributed by atoms with Crippen LogP contribution in [0.15, 0.2) is 29.3 Å². The van der Waals surface area contributed by atoms with Crippen LogP contribution in [0.4, 0.5) is 5.69 Å². The number of para-hydroxylation sites is 1. The van der Waals surface area contributed by atoms with Crippen molar-refractivity contribution in [3.8, 4) is 0 Å². The van der Waals surface area contributed by atoms with E-state index in [4.69, 9.17) is 14.5 Å². The molecule has 7 heteroatoms. The Labute approximate surface area is 180 Å². The predicted molar refractivity (Wildman–Crippen MR) is 120 cm³/mol. The summed E-state index contributed by atoms with van der Waals surface area (Å²) in [4.78, 5) is 21.7. The first-order valence-electron chi connectivity index (χ1n) is 11.2. The number of carbonyl (C=O) groups is 1. The first-order chi connectivity index (χ1) is 14.7. The lowest BCUT2D eigenvalue weighted by Crippen LogP contribution is -2.40. The summed E-state index contributed by atoms with van der Waals surface area (Å²) in [6, 6.07) is 8.20. The van der Waals surface area contributed by atoms with Crippen molar-refractivity contribution in [3.63, 3.8) is 0 Å². The van der Waals surface area contributed by atoms with Crippen molar-refractivity contribution in [1.82, 2.24) is 10.2 Å². The number of hydrogen-bond donors (Lipinski definition) is 1. The lowest BCUT2D eigenvalue weighted by molar-refractivity contribution is -0.118. The van der Waals surface area contributed by atoms with Crippen LogP contribution in [0.3, 0.4) is 0 Å². The van der Waals surface area contributed by atoms with Crippen molar-refractivity contribution in [2.24, 2.45) is 10.9 Å². The van der Waals surface area contributed by atoms with Gasteiger partial charge >= 0.3 is 0 Å². The molecule has 1 N–H and O–H groups in total. The number of amides is 1. The lowest BCUT2D eigenvalue weighted by atomic mass is 10.1. The van der Waals surface area contributed by atoms with Crippen LogP contribution < -0.4 is 10.2 Å². The van der Waals surface area contributed by atoms with Gasteiger partial charge in [-0.3, -0.25) is 9.79 Å². The van der Waals surface area contributed by atoms with E-state index in [1.165, 1.54) is 5.56 Å². The normalized spacial score (nSPS) is 18.7. The summed E-state index contributed by atoms with van der Waals surface area (Å²) in [5.41, 5.74) is 2.35. The van der Waals surface area contributed by atoms with Gasteiger partial charge < -0.3 is 24.6 Å². The topological polar surface area (TPSA) is 66.4 Å². The summed E-state index contributed by atoms with van der Waals surface area (Å²) in [5, 5.41) is 3.40. The van der Waals surface area contributed by atoms with E-state index in [2.05, 4.69) is 23.2 Å². The highest BCUT2D eigenvalue weighted by Crippen LogP contribution is 2.28. The Morgan fingerprint density at radius 3 is 2.97 bits per heavy atom. The number of hydrogen-bond acceptors (Lipinski definition) is 4. The SMILES string of the molecule is CCNC(=NCCCC(=O)N1CCc2ccccc21)N1CCC(COCCOC)C1. The van der Waals surface area contributed by atoms with Crippen molar-refractivity contribution in [1.29, 1.82) is 0 Å². The number of ether oxygens (including phenoxy) is 2. The van der Waals surface area contributed by atoms with Crippen molar-refractivity contribution >= 4 is 17.6 Å². The summed E-state index contributed by atoms with van der Waals surface area (Å²) in [7, 11) is 1.69. The Morgan fingerprint density at radius 2 is 2.13 bits per heavy atom. The second-order valence-corrected chi connectivity index (χ2v) is 7.93. The minimum atomic E-state index is 0.203. The molecular weight excluding hydrogens is 380 g/mol. The number of guanidine groups is 1. The number of benzene rings is 1. The zero-order valence-electron chi connectivity index (χ0n) is 18.4. The van der Waals surface area contributed by atoms with E-state index in [1.807, 2.05) is 23.1 Å². The number of nitrogens with zero attached hydrogens (tertiary/aromatic N) is 3. The molecule has 2 aliphatic heterocycles. The molecule has 0 bridgehead atoms. The number of fused-ring (bicyclic) bond motifs is 1. The lowest BCUT2D eigenvalue weighted by Gasteiger charge is -2.22. The van der Waals surface area contributed by atoms with Gasteiger partial charge in [-0.05, 0) is 37.8 Å². The highest BCUT2D eigenvalue weighted by molar-refractivity contribution is 5.95. The molecule has 2 aliphatic rings. The second kappa shape index (κ2) is 11.9. The molecule has 3 rings (SSSR count). The van der Waals surface area contributed by atoms with Gasteiger partial charge in [-0.25, -0.2) is 0 Å². The third-order valence-corrected chi connectivity index (χ3v) is 5.70. The van der Waals surface area contributed by atoms with E-state index < -0.39 is 0 Å². The van der Waals surface area contributed by atoms with Gasteiger partial charge in [0.15, 0.2) is 5.96 Å². The number of rotatable bonds is 10. The minimum absolute atomic E-state index is 0.203. The molecule has 2 heterocycles. The van der Waals surface area contributed by atoms with Crippen molar-refractivity contribution < 1.29 is 14.3 Å². The van der Waals surface area contributed by atoms with Crippen LogP contribution in [0.25, 0.3) is 0 Å². The highest BCUT2D eigenvalue weighted by atomic mass is 16.5. The molecule has 0 aliphatic carbocycles. The summed E-state index contributed by atoms with van der Waals surface area (Å²) in [6.45, 7) is 8.40. The molecule has 1 amide bonds. The Morgan fingerprint density at radius 1 is 1.27 bits per heavy atom. The molecule has 30 heavy (non-hydrogen) atoms.